The zero-order chi connectivity index (χ0) is 17.2. The van der Waals surface area contributed by atoms with Gasteiger partial charge in [-0.1, -0.05) is 0 Å². The number of thiophene rings is 1. The van der Waals surface area contributed by atoms with Crippen molar-refractivity contribution in [2.24, 2.45) is 5.73 Å². The molecule has 1 amide bonds. The van der Waals surface area contributed by atoms with Gasteiger partial charge in [0.05, 0.1) is 10.4 Å². The molecule has 7 nitrogen and oxygen atoms in total. The summed E-state index contributed by atoms with van der Waals surface area (Å²) in [4.78, 5) is 30.9. The number of aromatic nitrogens is 3. The molecule has 3 aromatic heterocycles. The monoisotopic (exact) mass is 374 g/mol. The van der Waals surface area contributed by atoms with E-state index >= 15 is 0 Å². The number of rotatable bonds is 4. The van der Waals surface area contributed by atoms with E-state index in [1.165, 1.54) is 11.3 Å². The topological polar surface area (TPSA) is 88.2 Å². The summed E-state index contributed by atoms with van der Waals surface area (Å²) in [7, 11) is 0. The van der Waals surface area contributed by atoms with Crippen LogP contribution in [0.5, 0.6) is 0 Å². The van der Waals surface area contributed by atoms with Crippen molar-refractivity contribution in [1.82, 2.24) is 19.9 Å². The van der Waals surface area contributed by atoms with Crippen molar-refractivity contribution < 1.29 is 4.79 Å². The van der Waals surface area contributed by atoms with Crippen molar-refractivity contribution in [3.05, 3.63) is 33.9 Å². The molecule has 0 spiro atoms. The summed E-state index contributed by atoms with van der Waals surface area (Å²) in [6.07, 6.45) is 2.33. The van der Waals surface area contributed by atoms with Gasteiger partial charge in [0.2, 0.25) is 0 Å². The lowest BCUT2D eigenvalue weighted by Gasteiger charge is -2.35. The van der Waals surface area contributed by atoms with E-state index < -0.39 is 0 Å². The maximum Gasteiger partial charge on any atom is 0.273 e. The molecule has 1 aliphatic rings. The number of nitrogens with zero attached hydrogens (tertiary/aromatic N) is 5. The molecule has 0 unspecified atom stereocenters. The molecule has 2 N–H and O–H groups in total. The third-order valence-electron chi connectivity index (χ3n) is 4.24. The molecule has 1 saturated heterocycles. The number of thiazole rings is 1. The van der Waals surface area contributed by atoms with Crippen molar-refractivity contribution >= 4 is 44.6 Å². The molecule has 0 saturated carbocycles. The van der Waals surface area contributed by atoms with Crippen molar-refractivity contribution in [3.8, 4) is 0 Å². The first-order valence-electron chi connectivity index (χ1n) is 8.13. The first kappa shape index (κ1) is 16.4. The minimum Gasteiger partial charge on any atom is -0.352 e. The van der Waals surface area contributed by atoms with Crippen molar-refractivity contribution in [2.75, 3.05) is 37.6 Å². The van der Waals surface area contributed by atoms with Crippen molar-refractivity contribution in [3.63, 3.8) is 0 Å². The summed E-state index contributed by atoms with van der Waals surface area (Å²) in [5.41, 5.74) is 6.08. The largest absolute Gasteiger partial charge is 0.352 e. The van der Waals surface area contributed by atoms with Gasteiger partial charge in [-0.25, -0.2) is 15.0 Å². The number of fused-ring (bicyclic) bond motifs is 1. The van der Waals surface area contributed by atoms with Gasteiger partial charge in [-0.05, 0) is 18.0 Å². The molecule has 9 heteroatoms. The highest BCUT2D eigenvalue weighted by atomic mass is 32.1. The van der Waals surface area contributed by atoms with Crippen LogP contribution in [0.1, 0.15) is 15.5 Å². The Labute approximate surface area is 153 Å². The first-order valence-corrected chi connectivity index (χ1v) is 9.89. The van der Waals surface area contributed by atoms with Crippen LogP contribution >= 0.6 is 22.7 Å². The van der Waals surface area contributed by atoms with Gasteiger partial charge in [-0.3, -0.25) is 4.79 Å². The van der Waals surface area contributed by atoms with Gasteiger partial charge >= 0.3 is 0 Å². The Bertz CT molecular complexity index is 884. The van der Waals surface area contributed by atoms with Gasteiger partial charge in [0.15, 0.2) is 0 Å². The molecule has 0 radical (unpaired) electrons. The van der Waals surface area contributed by atoms with Gasteiger partial charge < -0.3 is 15.5 Å². The number of carbonyl (C=O) groups excluding carboxylic acids is 1. The van der Waals surface area contributed by atoms with Crippen molar-refractivity contribution in [1.29, 1.82) is 0 Å². The summed E-state index contributed by atoms with van der Waals surface area (Å²) in [6.45, 7) is 3.40. The SMILES string of the molecule is NCCc1nc(C(=O)N2CCN(c3ncnc4sccc34)CC2)cs1. The number of hydrogen-bond acceptors (Lipinski definition) is 8. The zero-order valence-corrected chi connectivity index (χ0v) is 15.2. The molecule has 0 aromatic carbocycles. The van der Waals surface area contributed by atoms with E-state index in [4.69, 9.17) is 5.73 Å². The molecule has 4 rings (SSSR count). The fourth-order valence-corrected chi connectivity index (χ4v) is 4.47. The molecular formula is C16H18N6OS2. The quantitative estimate of drug-likeness (QED) is 0.746. The number of anilines is 1. The highest BCUT2D eigenvalue weighted by molar-refractivity contribution is 7.16. The van der Waals surface area contributed by atoms with Crippen LogP contribution in [-0.2, 0) is 6.42 Å². The highest BCUT2D eigenvalue weighted by Crippen LogP contribution is 2.27. The molecule has 4 heterocycles. The zero-order valence-electron chi connectivity index (χ0n) is 13.6. The van der Waals surface area contributed by atoms with Gasteiger partial charge in [0, 0.05) is 38.0 Å². The van der Waals surface area contributed by atoms with Crippen LogP contribution in [0, 0.1) is 0 Å². The average molecular weight is 374 g/mol. The number of nitrogens with two attached hydrogens (primary N) is 1. The Kier molecular flexibility index (Phi) is 4.60. The second-order valence-corrected chi connectivity index (χ2v) is 7.62. The summed E-state index contributed by atoms with van der Waals surface area (Å²) in [5.74, 6) is 0.958. The lowest BCUT2D eigenvalue weighted by Crippen LogP contribution is -2.49. The van der Waals surface area contributed by atoms with Crippen LogP contribution in [0.25, 0.3) is 10.2 Å². The maximum atomic E-state index is 12.6. The molecule has 25 heavy (non-hydrogen) atoms. The van der Waals surface area contributed by atoms with E-state index in [9.17, 15) is 4.79 Å². The predicted octanol–water partition coefficient (Wildman–Crippen LogP) is 1.61. The van der Waals surface area contributed by atoms with Crippen molar-refractivity contribution in [2.45, 2.75) is 6.42 Å². The number of piperazine rings is 1. The maximum absolute atomic E-state index is 12.6. The Hall–Kier alpha value is -2.10. The molecule has 0 atom stereocenters. The third-order valence-corrected chi connectivity index (χ3v) is 5.97. The van der Waals surface area contributed by atoms with E-state index in [0.29, 0.717) is 25.3 Å². The Morgan fingerprint density at radius 1 is 1.20 bits per heavy atom. The fraction of sp³-hybridized carbons (Fsp3) is 0.375. The standard InChI is InChI=1S/C16H18N6OS2/c17-3-1-13-20-12(9-25-13)16(23)22-6-4-21(5-7-22)14-11-2-8-24-15(11)19-10-18-14/h2,8-10H,1,3-7,17H2. The first-order chi connectivity index (χ1) is 12.3. The lowest BCUT2D eigenvalue weighted by atomic mass is 10.2. The number of hydrogen-bond donors (Lipinski definition) is 1. The fourth-order valence-electron chi connectivity index (χ4n) is 2.96. The van der Waals surface area contributed by atoms with Crippen LogP contribution < -0.4 is 10.6 Å². The van der Waals surface area contributed by atoms with E-state index in [-0.39, 0.29) is 5.91 Å². The van der Waals surface area contributed by atoms with E-state index in [2.05, 4.69) is 25.9 Å². The van der Waals surface area contributed by atoms with Crippen LogP contribution in [0.2, 0.25) is 0 Å². The molecule has 1 aliphatic heterocycles. The van der Waals surface area contributed by atoms with E-state index in [1.807, 2.05) is 15.7 Å². The molecule has 0 bridgehead atoms. The van der Waals surface area contributed by atoms with Crippen LogP contribution in [0.15, 0.2) is 23.2 Å². The molecule has 1 fully saturated rings. The van der Waals surface area contributed by atoms with Crippen LogP contribution in [0.3, 0.4) is 0 Å². The summed E-state index contributed by atoms with van der Waals surface area (Å²) in [6, 6.07) is 2.06. The minimum atomic E-state index is 0.00235. The number of amides is 1. The third kappa shape index (κ3) is 3.22. The highest BCUT2D eigenvalue weighted by Gasteiger charge is 2.25. The lowest BCUT2D eigenvalue weighted by molar-refractivity contribution is 0.0741. The van der Waals surface area contributed by atoms with Gasteiger partial charge in [-0.15, -0.1) is 22.7 Å². The summed E-state index contributed by atoms with van der Waals surface area (Å²) in [5, 5.41) is 5.87. The molecule has 0 aliphatic carbocycles. The van der Waals surface area contributed by atoms with Crippen LogP contribution in [-0.4, -0.2) is 58.5 Å². The van der Waals surface area contributed by atoms with Crippen LogP contribution in [0.4, 0.5) is 5.82 Å². The summed E-state index contributed by atoms with van der Waals surface area (Å²) >= 11 is 3.12. The predicted molar refractivity (Wildman–Crippen MR) is 100 cm³/mol. The Morgan fingerprint density at radius 3 is 2.84 bits per heavy atom. The Morgan fingerprint density at radius 2 is 2.04 bits per heavy atom. The number of carbonyl (C=O) groups is 1. The smallest absolute Gasteiger partial charge is 0.273 e. The second kappa shape index (κ2) is 7.03. The van der Waals surface area contributed by atoms with E-state index in [0.717, 1.165) is 40.6 Å². The van der Waals surface area contributed by atoms with Gasteiger partial charge in [-0.2, -0.15) is 0 Å². The molecule has 130 valence electrons. The summed E-state index contributed by atoms with van der Waals surface area (Å²) < 4.78 is 0. The van der Waals surface area contributed by atoms with E-state index in [1.54, 1.807) is 17.7 Å². The molecule has 3 aromatic rings. The Balaban J connectivity index is 1.44. The second-order valence-electron chi connectivity index (χ2n) is 5.78. The molecular weight excluding hydrogens is 356 g/mol. The van der Waals surface area contributed by atoms with Gasteiger partial charge in [0.25, 0.3) is 5.91 Å². The average Bonchev–Trinajstić information content (AvgIpc) is 3.30. The normalized spacial score (nSPS) is 15.1. The van der Waals surface area contributed by atoms with Gasteiger partial charge in [0.1, 0.15) is 22.7 Å². The minimum absolute atomic E-state index is 0.00235.